The summed E-state index contributed by atoms with van der Waals surface area (Å²) < 4.78 is 43.9. The first-order chi connectivity index (χ1) is 11.9. The number of alkyl halides is 3. The minimum Gasteiger partial charge on any atom is -0.444 e. The first-order valence-electron chi connectivity index (χ1n) is 7.96. The number of aliphatic hydroxyl groups excluding tert-OH is 1. The number of amides is 2. The highest BCUT2D eigenvalue weighted by atomic mass is 19.4. The molecular weight excluding hydrogens is 353 g/mol. The maximum Gasteiger partial charge on any atom is 0.416 e. The number of carbonyl (C=O) groups is 2. The third kappa shape index (κ3) is 7.73. The van der Waals surface area contributed by atoms with Crippen LogP contribution in [0.25, 0.3) is 0 Å². The van der Waals surface area contributed by atoms with E-state index in [4.69, 9.17) is 9.84 Å². The van der Waals surface area contributed by atoms with Crippen molar-refractivity contribution in [1.82, 2.24) is 10.6 Å². The predicted molar refractivity (Wildman–Crippen MR) is 88.3 cm³/mol. The molecular formula is C17H23F3N2O4. The molecule has 1 aromatic carbocycles. The summed E-state index contributed by atoms with van der Waals surface area (Å²) in [5.74, 6) is -0.530. The van der Waals surface area contributed by atoms with Crippen LogP contribution in [0.4, 0.5) is 18.0 Å². The summed E-state index contributed by atoms with van der Waals surface area (Å²) in [6, 6.07) is 3.34. The molecule has 9 heteroatoms. The van der Waals surface area contributed by atoms with E-state index in [0.29, 0.717) is 0 Å². The van der Waals surface area contributed by atoms with E-state index in [1.54, 1.807) is 20.8 Å². The Morgan fingerprint density at radius 1 is 1.23 bits per heavy atom. The molecule has 6 nitrogen and oxygen atoms in total. The maximum absolute atomic E-state index is 12.9. The highest BCUT2D eigenvalue weighted by Crippen LogP contribution is 2.31. The normalized spacial score (nSPS) is 13.0. The Hall–Kier alpha value is -2.29. The van der Waals surface area contributed by atoms with Crippen LogP contribution in [-0.2, 0) is 15.7 Å². The van der Waals surface area contributed by atoms with Gasteiger partial charge in [0.2, 0.25) is 5.91 Å². The van der Waals surface area contributed by atoms with Gasteiger partial charge in [0.15, 0.2) is 0 Å². The van der Waals surface area contributed by atoms with Gasteiger partial charge in [0.1, 0.15) is 5.60 Å². The van der Waals surface area contributed by atoms with Crippen LogP contribution in [0.5, 0.6) is 0 Å². The summed E-state index contributed by atoms with van der Waals surface area (Å²) in [5.41, 5.74) is -1.58. The standard InChI is InChI=1S/C17H23F3N2O4/c1-16(2,3)26-15(25)22-13(10-14(24)21-7-8-23)11-5-4-6-12(9-11)17(18,19)20/h4-6,9,13,23H,7-8,10H2,1-3H3,(H,21,24)(H,22,25). The first kappa shape index (κ1) is 21.8. The third-order valence-corrected chi connectivity index (χ3v) is 3.13. The SMILES string of the molecule is CC(C)(C)OC(=O)NC(CC(=O)NCCO)c1cccc(C(F)(F)F)c1. The van der Waals surface area contributed by atoms with Gasteiger partial charge in [0.05, 0.1) is 24.6 Å². The number of ether oxygens (including phenoxy) is 1. The van der Waals surface area contributed by atoms with Crippen LogP contribution >= 0.6 is 0 Å². The molecule has 146 valence electrons. The molecule has 0 heterocycles. The summed E-state index contributed by atoms with van der Waals surface area (Å²) in [6.07, 6.45) is -5.71. The van der Waals surface area contributed by atoms with Crippen molar-refractivity contribution in [3.63, 3.8) is 0 Å². The number of benzene rings is 1. The van der Waals surface area contributed by atoms with Crippen LogP contribution in [0, 0.1) is 0 Å². The van der Waals surface area contributed by atoms with Gasteiger partial charge in [-0.25, -0.2) is 4.79 Å². The van der Waals surface area contributed by atoms with Gasteiger partial charge < -0.3 is 20.5 Å². The lowest BCUT2D eigenvalue weighted by Crippen LogP contribution is -2.38. The van der Waals surface area contributed by atoms with E-state index in [0.717, 1.165) is 12.1 Å². The number of carbonyl (C=O) groups excluding carboxylic acids is 2. The molecule has 0 aliphatic heterocycles. The van der Waals surface area contributed by atoms with Crippen LogP contribution in [0.3, 0.4) is 0 Å². The summed E-state index contributed by atoms with van der Waals surface area (Å²) in [5, 5.41) is 13.6. The lowest BCUT2D eigenvalue weighted by molar-refractivity contribution is -0.137. The quantitative estimate of drug-likeness (QED) is 0.712. The molecule has 0 saturated carbocycles. The Balaban J connectivity index is 3.03. The summed E-state index contributed by atoms with van der Waals surface area (Å²) in [6.45, 7) is 4.64. The van der Waals surface area contributed by atoms with Gasteiger partial charge in [-0.1, -0.05) is 12.1 Å². The van der Waals surface area contributed by atoms with Crippen molar-refractivity contribution in [3.05, 3.63) is 35.4 Å². The zero-order chi connectivity index (χ0) is 20.0. The molecule has 0 aliphatic rings. The zero-order valence-corrected chi connectivity index (χ0v) is 14.8. The molecule has 0 spiro atoms. The highest BCUT2D eigenvalue weighted by molar-refractivity contribution is 5.78. The van der Waals surface area contributed by atoms with Gasteiger partial charge in [-0.05, 0) is 38.5 Å². The van der Waals surface area contributed by atoms with E-state index < -0.39 is 35.4 Å². The van der Waals surface area contributed by atoms with E-state index in [2.05, 4.69) is 10.6 Å². The van der Waals surface area contributed by atoms with Crippen LogP contribution < -0.4 is 10.6 Å². The number of hydrogen-bond donors (Lipinski definition) is 3. The monoisotopic (exact) mass is 376 g/mol. The van der Waals surface area contributed by atoms with Crippen LogP contribution in [0.1, 0.15) is 44.4 Å². The van der Waals surface area contributed by atoms with Crippen molar-refractivity contribution in [3.8, 4) is 0 Å². The minimum atomic E-state index is -4.55. The molecule has 1 atom stereocenters. The van der Waals surface area contributed by atoms with Gasteiger partial charge in [0, 0.05) is 6.54 Å². The summed E-state index contributed by atoms with van der Waals surface area (Å²) in [7, 11) is 0. The second-order valence-corrected chi connectivity index (χ2v) is 6.60. The molecule has 1 rings (SSSR count). The molecule has 0 saturated heterocycles. The van der Waals surface area contributed by atoms with E-state index in [-0.39, 0.29) is 25.1 Å². The summed E-state index contributed by atoms with van der Waals surface area (Å²) in [4.78, 5) is 23.9. The van der Waals surface area contributed by atoms with Crippen LogP contribution in [0.2, 0.25) is 0 Å². The highest BCUT2D eigenvalue weighted by Gasteiger charge is 2.31. The molecule has 0 aromatic heterocycles. The van der Waals surface area contributed by atoms with Gasteiger partial charge in [-0.3, -0.25) is 4.79 Å². The second-order valence-electron chi connectivity index (χ2n) is 6.60. The van der Waals surface area contributed by atoms with Crippen molar-refractivity contribution >= 4 is 12.0 Å². The average Bonchev–Trinajstić information content (AvgIpc) is 2.49. The van der Waals surface area contributed by atoms with Crippen molar-refractivity contribution in [2.45, 2.75) is 45.0 Å². The lowest BCUT2D eigenvalue weighted by Gasteiger charge is -2.24. The molecule has 0 fully saturated rings. The number of halogens is 3. The molecule has 3 N–H and O–H groups in total. The van der Waals surface area contributed by atoms with Gasteiger partial charge in [-0.15, -0.1) is 0 Å². The molecule has 1 unspecified atom stereocenters. The van der Waals surface area contributed by atoms with Gasteiger partial charge >= 0.3 is 12.3 Å². The second kappa shape index (κ2) is 8.88. The maximum atomic E-state index is 12.9. The first-order valence-corrected chi connectivity index (χ1v) is 7.96. The molecule has 2 amide bonds. The number of aliphatic hydroxyl groups is 1. The Labute approximate surface area is 149 Å². The molecule has 1 aromatic rings. The van der Waals surface area contributed by atoms with Gasteiger partial charge in [-0.2, -0.15) is 13.2 Å². The van der Waals surface area contributed by atoms with Gasteiger partial charge in [0.25, 0.3) is 0 Å². The number of alkyl carbamates (subject to hydrolysis) is 1. The average molecular weight is 376 g/mol. The third-order valence-electron chi connectivity index (χ3n) is 3.13. The minimum absolute atomic E-state index is 0.000577. The Morgan fingerprint density at radius 2 is 1.88 bits per heavy atom. The Bertz CT molecular complexity index is 627. The fourth-order valence-electron chi connectivity index (χ4n) is 2.09. The van der Waals surface area contributed by atoms with Crippen LogP contribution in [0.15, 0.2) is 24.3 Å². The van der Waals surface area contributed by atoms with Crippen LogP contribution in [-0.4, -0.2) is 35.9 Å². The smallest absolute Gasteiger partial charge is 0.416 e. The van der Waals surface area contributed by atoms with Crippen molar-refractivity contribution in [2.75, 3.05) is 13.2 Å². The number of nitrogens with one attached hydrogen (secondary N) is 2. The molecule has 26 heavy (non-hydrogen) atoms. The van der Waals surface area contributed by atoms with Crippen molar-refractivity contribution in [1.29, 1.82) is 0 Å². The topological polar surface area (TPSA) is 87.7 Å². The largest absolute Gasteiger partial charge is 0.444 e. The summed E-state index contributed by atoms with van der Waals surface area (Å²) >= 11 is 0. The van der Waals surface area contributed by atoms with Crippen molar-refractivity contribution in [2.24, 2.45) is 0 Å². The van der Waals surface area contributed by atoms with E-state index in [9.17, 15) is 22.8 Å². The van der Waals surface area contributed by atoms with Crippen molar-refractivity contribution < 1.29 is 32.6 Å². The van der Waals surface area contributed by atoms with E-state index >= 15 is 0 Å². The lowest BCUT2D eigenvalue weighted by atomic mass is 10.0. The number of rotatable bonds is 6. The Kier molecular flexibility index (Phi) is 7.43. The van der Waals surface area contributed by atoms with E-state index in [1.165, 1.54) is 12.1 Å². The predicted octanol–water partition coefficient (Wildman–Crippen LogP) is 2.77. The fourth-order valence-corrected chi connectivity index (χ4v) is 2.09. The molecule has 0 bridgehead atoms. The molecule has 0 radical (unpaired) electrons. The molecule has 0 aliphatic carbocycles. The number of hydrogen-bond acceptors (Lipinski definition) is 4. The zero-order valence-electron chi connectivity index (χ0n) is 14.8. The fraction of sp³-hybridized carbons (Fsp3) is 0.529. The Morgan fingerprint density at radius 3 is 2.42 bits per heavy atom. The van der Waals surface area contributed by atoms with E-state index in [1.807, 2.05) is 0 Å².